The highest BCUT2D eigenvalue weighted by atomic mass is 16.3. The van der Waals surface area contributed by atoms with Gasteiger partial charge in [0.25, 0.3) is 0 Å². The molecule has 0 saturated carbocycles. The Kier molecular flexibility index (Phi) is 2.86. The van der Waals surface area contributed by atoms with Crippen molar-refractivity contribution < 1.29 is 5.11 Å². The predicted octanol–water partition coefficient (Wildman–Crippen LogP) is 3.25. The highest BCUT2D eigenvalue weighted by Crippen LogP contribution is 2.32. The monoisotopic (exact) mass is 276 g/mol. The topological polar surface area (TPSA) is 36.4 Å². The van der Waals surface area contributed by atoms with E-state index >= 15 is 0 Å². The number of fused-ring (bicyclic) bond motifs is 2. The van der Waals surface area contributed by atoms with Crippen molar-refractivity contribution in [2.45, 2.75) is 19.7 Å². The number of anilines is 1. The maximum atomic E-state index is 9.48. The van der Waals surface area contributed by atoms with E-state index in [-0.39, 0.29) is 6.61 Å². The molecule has 2 aromatic carbocycles. The third-order valence-corrected chi connectivity index (χ3v) is 4.17. The fourth-order valence-electron chi connectivity index (χ4n) is 3.10. The van der Waals surface area contributed by atoms with E-state index in [9.17, 15) is 5.11 Å². The van der Waals surface area contributed by atoms with Gasteiger partial charge in [-0.25, -0.2) is 4.98 Å². The Balaban J connectivity index is 1.82. The van der Waals surface area contributed by atoms with Gasteiger partial charge >= 0.3 is 0 Å². The summed E-state index contributed by atoms with van der Waals surface area (Å²) in [4.78, 5) is 6.91. The first-order chi connectivity index (χ1) is 10.4. The predicted molar refractivity (Wildman–Crippen MR) is 84.0 cm³/mol. The molecule has 0 unspecified atom stereocenters. The summed E-state index contributed by atoms with van der Waals surface area (Å²) in [5, 5.41) is 11.7. The van der Waals surface area contributed by atoms with Gasteiger partial charge in [0.1, 0.15) is 5.82 Å². The highest BCUT2D eigenvalue weighted by molar-refractivity contribution is 5.94. The van der Waals surface area contributed by atoms with Crippen LogP contribution in [0.3, 0.4) is 0 Å². The lowest BCUT2D eigenvalue weighted by Gasteiger charge is -2.19. The molecular weight excluding hydrogens is 260 g/mol. The van der Waals surface area contributed by atoms with Crippen LogP contribution >= 0.6 is 0 Å². The van der Waals surface area contributed by atoms with Crippen molar-refractivity contribution in [2.24, 2.45) is 0 Å². The van der Waals surface area contributed by atoms with Gasteiger partial charge in [0.2, 0.25) is 0 Å². The van der Waals surface area contributed by atoms with Crippen molar-refractivity contribution in [3.05, 3.63) is 71.4 Å². The van der Waals surface area contributed by atoms with E-state index in [0.717, 1.165) is 35.2 Å². The minimum absolute atomic E-state index is 0.0218. The van der Waals surface area contributed by atoms with Crippen LogP contribution < -0.4 is 4.90 Å². The summed E-state index contributed by atoms with van der Waals surface area (Å²) in [6.07, 6.45) is 1.79. The lowest BCUT2D eigenvalue weighted by molar-refractivity contribution is 0.283. The molecule has 3 aromatic rings. The maximum Gasteiger partial charge on any atom is 0.137 e. The molecule has 0 atom stereocenters. The van der Waals surface area contributed by atoms with Gasteiger partial charge in [-0.05, 0) is 16.5 Å². The van der Waals surface area contributed by atoms with Gasteiger partial charge in [-0.1, -0.05) is 48.5 Å². The fourth-order valence-corrected chi connectivity index (χ4v) is 3.10. The Labute approximate surface area is 123 Å². The molecule has 1 aliphatic rings. The van der Waals surface area contributed by atoms with Gasteiger partial charge in [-0.15, -0.1) is 0 Å². The molecule has 1 N–H and O–H groups in total. The number of aliphatic hydroxyl groups excluding tert-OH is 1. The van der Waals surface area contributed by atoms with Crippen molar-refractivity contribution >= 4 is 16.6 Å². The molecule has 3 nitrogen and oxygen atoms in total. The quantitative estimate of drug-likeness (QED) is 0.780. The number of aliphatic hydroxyl groups is 1. The highest BCUT2D eigenvalue weighted by Gasteiger charge is 2.21. The van der Waals surface area contributed by atoms with Crippen LogP contribution in [0.2, 0.25) is 0 Å². The van der Waals surface area contributed by atoms with E-state index < -0.39 is 0 Å². The van der Waals surface area contributed by atoms with Crippen molar-refractivity contribution in [1.29, 1.82) is 0 Å². The van der Waals surface area contributed by atoms with Crippen LogP contribution in [0.1, 0.15) is 16.7 Å². The van der Waals surface area contributed by atoms with Crippen LogP contribution in [0.15, 0.2) is 54.7 Å². The van der Waals surface area contributed by atoms with Crippen LogP contribution in [-0.2, 0) is 19.7 Å². The van der Waals surface area contributed by atoms with E-state index in [4.69, 9.17) is 0 Å². The van der Waals surface area contributed by atoms with Crippen LogP contribution in [-0.4, -0.2) is 10.1 Å². The molecule has 0 fully saturated rings. The molecule has 0 amide bonds. The summed E-state index contributed by atoms with van der Waals surface area (Å²) in [6, 6.07) is 16.7. The average molecular weight is 276 g/mol. The van der Waals surface area contributed by atoms with Crippen LogP contribution in [0.5, 0.6) is 0 Å². The van der Waals surface area contributed by atoms with E-state index in [1.165, 1.54) is 11.1 Å². The Morgan fingerprint density at radius 2 is 1.52 bits per heavy atom. The van der Waals surface area contributed by atoms with Crippen molar-refractivity contribution in [3.8, 4) is 0 Å². The zero-order valence-electron chi connectivity index (χ0n) is 11.7. The molecule has 0 spiro atoms. The molecule has 2 heterocycles. The maximum absolute atomic E-state index is 9.48. The minimum Gasteiger partial charge on any atom is -0.392 e. The molecule has 1 aliphatic heterocycles. The molecule has 0 bridgehead atoms. The average Bonchev–Trinajstić information content (AvgIpc) is 2.97. The van der Waals surface area contributed by atoms with Crippen molar-refractivity contribution in [3.63, 3.8) is 0 Å². The lowest BCUT2D eigenvalue weighted by Crippen LogP contribution is -2.16. The van der Waals surface area contributed by atoms with Gasteiger partial charge in [-0.2, -0.15) is 0 Å². The molecule has 0 aliphatic carbocycles. The Morgan fingerprint density at radius 1 is 0.905 bits per heavy atom. The zero-order valence-corrected chi connectivity index (χ0v) is 11.7. The summed E-state index contributed by atoms with van der Waals surface area (Å²) < 4.78 is 0. The molecule has 0 saturated heterocycles. The normalized spacial score (nSPS) is 13.7. The summed E-state index contributed by atoms with van der Waals surface area (Å²) in [7, 11) is 0. The molecular formula is C18H16N2O. The Bertz CT molecular complexity index is 788. The molecule has 4 rings (SSSR count). The second-order valence-electron chi connectivity index (χ2n) is 5.44. The zero-order chi connectivity index (χ0) is 14.2. The first-order valence-corrected chi connectivity index (χ1v) is 7.16. The SMILES string of the molecule is OCc1cnc(N2Cc3ccccc3C2)c2ccccc12. The van der Waals surface area contributed by atoms with E-state index in [1.54, 1.807) is 6.20 Å². The Hall–Kier alpha value is -2.39. The molecule has 104 valence electrons. The van der Waals surface area contributed by atoms with Crippen LogP contribution in [0.4, 0.5) is 5.82 Å². The van der Waals surface area contributed by atoms with E-state index in [1.807, 2.05) is 12.1 Å². The largest absolute Gasteiger partial charge is 0.392 e. The second kappa shape index (κ2) is 4.86. The minimum atomic E-state index is 0.0218. The fraction of sp³-hybridized carbons (Fsp3) is 0.167. The lowest BCUT2D eigenvalue weighted by atomic mass is 10.1. The van der Waals surface area contributed by atoms with Crippen LogP contribution in [0, 0.1) is 0 Å². The van der Waals surface area contributed by atoms with Gasteiger partial charge in [0.15, 0.2) is 0 Å². The molecule has 1 aromatic heterocycles. The van der Waals surface area contributed by atoms with Gasteiger partial charge in [0.05, 0.1) is 6.61 Å². The summed E-state index contributed by atoms with van der Waals surface area (Å²) in [5.41, 5.74) is 3.62. The Morgan fingerprint density at radius 3 is 2.19 bits per heavy atom. The number of rotatable bonds is 2. The van der Waals surface area contributed by atoms with Gasteiger partial charge in [0, 0.05) is 30.2 Å². The standard InChI is InChI=1S/C18H16N2O/c21-12-15-9-19-18(17-8-4-3-7-16(15)17)20-10-13-5-1-2-6-14(13)11-20/h1-9,21H,10-12H2. The summed E-state index contributed by atoms with van der Waals surface area (Å²) in [5.74, 6) is 0.999. The number of benzene rings is 2. The molecule has 3 heteroatoms. The second-order valence-corrected chi connectivity index (χ2v) is 5.44. The number of hydrogen-bond donors (Lipinski definition) is 1. The number of aromatic nitrogens is 1. The third-order valence-electron chi connectivity index (χ3n) is 4.17. The molecule has 21 heavy (non-hydrogen) atoms. The van der Waals surface area contributed by atoms with E-state index in [2.05, 4.69) is 46.3 Å². The third kappa shape index (κ3) is 1.98. The number of hydrogen-bond acceptors (Lipinski definition) is 3. The van der Waals surface area contributed by atoms with Crippen molar-refractivity contribution in [1.82, 2.24) is 4.98 Å². The van der Waals surface area contributed by atoms with Gasteiger partial charge < -0.3 is 10.0 Å². The van der Waals surface area contributed by atoms with E-state index in [0.29, 0.717) is 0 Å². The number of nitrogens with zero attached hydrogens (tertiary/aromatic N) is 2. The summed E-state index contributed by atoms with van der Waals surface area (Å²) in [6.45, 7) is 1.81. The first kappa shape index (κ1) is 12.4. The smallest absolute Gasteiger partial charge is 0.137 e. The summed E-state index contributed by atoms with van der Waals surface area (Å²) >= 11 is 0. The molecule has 0 radical (unpaired) electrons. The number of pyridine rings is 1. The first-order valence-electron chi connectivity index (χ1n) is 7.16. The van der Waals surface area contributed by atoms with Crippen molar-refractivity contribution in [2.75, 3.05) is 4.90 Å². The van der Waals surface area contributed by atoms with Crippen LogP contribution in [0.25, 0.3) is 10.8 Å². The van der Waals surface area contributed by atoms with Gasteiger partial charge in [-0.3, -0.25) is 0 Å².